The fraction of sp³-hybridized carbons (Fsp3) is 0.452. The van der Waals surface area contributed by atoms with Crippen LogP contribution < -0.4 is 9.21 Å². The summed E-state index contributed by atoms with van der Waals surface area (Å²) in [6.07, 6.45) is -2.50. The molecule has 3 rings (SSSR count). The quantitative estimate of drug-likeness (QED) is 0.228. The number of carbonyl (C=O) groups excluding carboxylic acids is 2. The summed E-state index contributed by atoms with van der Waals surface area (Å²) in [5, 5.41) is 1.19. The smallest absolute Gasteiger partial charge is 0.430 e. The molecule has 46 heavy (non-hydrogen) atoms. The number of amides is 2. The van der Waals surface area contributed by atoms with Crippen molar-refractivity contribution in [3.05, 3.63) is 69.8 Å². The fourth-order valence-corrected chi connectivity index (χ4v) is 6.04. The fourth-order valence-electron chi connectivity index (χ4n) is 4.08. The molecule has 0 radical (unpaired) electrons. The molecular weight excluding hydrogens is 645 g/mol. The first-order valence-electron chi connectivity index (χ1n) is 14.2. The first-order valence-corrected chi connectivity index (χ1v) is 16.6. The largest absolute Gasteiger partial charge is 0.443 e. The second kappa shape index (κ2) is 14.0. The number of nitrogens with zero attached hydrogens (tertiary/aromatic N) is 4. The molecular formula is C31H39F3N4O6S2. The Morgan fingerprint density at radius 2 is 1.48 bits per heavy atom. The van der Waals surface area contributed by atoms with E-state index >= 15 is 13.2 Å². The molecule has 0 aliphatic rings. The van der Waals surface area contributed by atoms with Gasteiger partial charge in [0.25, 0.3) is 10.0 Å². The van der Waals surface area contributed by atoms with Crippen molar-refractivity contribution in [2.24, 2.45) is 0 Å². The van der Waals surface area contributed by atoms with Crippen LogP contribution in [0.4, 0.5) is 34.3 Å². The summed E-state index contributed by atoms with van der Waals surface area (Å²) in [5.74, 6) is -4.35. The van der Waals surface area contributed by atoms with Gasteiger partial charge >= 0.3 is 12.2 Å². The van der Waals surface area contributed by atoms with Crippen LogP contribution in [0.15, 0.2) is 46.1 Å². The summed E-state index contributed by atoms with van der Waals surface area (Å²) < 4.78 is 85.1. The number of aromatic nitrogens is 1. The van der Waals surface area contributed by atoms with Crippen LogP contribution in [-0.4, -0.2) is 54.8 Å². The van der Waals surface area contributed by atoms with Crippen molar-refractivity contribution < 1.29 is 40.7 Å². The summed E-state index contributed by atoms with van der Waals surface area (Å²) in [4.78, 5) is 31.6. The number of sulfonamides is 1. The summed E-state index contributed by atoms with van der Waals surface area (Å²) in [6, 6.07) is 5.69. The highest BCUT2D eigenvalue weighted by molar-refractivity contribution is 7.93. The highest BCUT2D eigenvalue weighted by Crippen LogP contribution is 2.33. The summed E-state index contributed by atoms with van der Waals surface area (Å²) >= 11 is 0.941. The van der Waals surface area contributed by atoms with E-state index in [1.54, 1.807) is 26.8 Å². The van der Waals surface area contributed by atoms with E-state index in [1.165, 1.54) is 43.8 Å². The number of rotatable bonds is 9. The van der Waals surface area contributed by atoms with Gasteiger partial charge in [-0.2, -0.15) is 0 Å². The Morgan fingerprint density at radius 1 is 0.913 bits per heavy atom. The van der Waals surface area contributed by atoms with E-state index in [-0.39, 0.29) is 15.9 Å². The molecule has 10 nitrogen and oxygen atoms in total. The SMILES string of the molecule is CC(C)N(C)Cc1cccc(F)c1CN(C(=O)OC(C)(C)C)c1cc(F)c(S(=O)(=O)N(C(=O)OC(C)(C)C)c2cscn2)c(F)c1. The van der Waals surface area contributed by atoms with Crippen molar-refractivity contribution in [2.75, 3.05) is 16.3 Å². The number of hydrogen-bond donors (Lipinski definition) is 0. The van der Waals surface area contributed by atoms with Crippen LogP contribution >= 0.6 is 11.3 Å². The molecule has 252 valence electrons. The van der Waals surface area contributed by atoms with Gasteiger partial charge in [0.15, 0.2) is 10.7 Å². The van der Waals surface area contributed by atoms with Crippen LogP contribution in [0.5, 0.6) is 0 Å². The molecule has 0 atom stereocenters. The average Bonchev–Trinajstić information content (AvgIpc) is 3.39. The molecule has 1 heterocycles. The van der Waals surface area contributed by atoms with Gasteiger partial charge in [-0.05, 0) is 86.2 Å². The van der Waals surface area contributed by atoms with E-state index in [2.05, 4.69) is 4.98 Å². The Balaban J connectivity index is 2.17. The van der Waals surface area contributed by atoms with E-state index in [4.69, 9.17) is 9.47 Å². The summed E-state index contributed by atoms with van der Waals surface area (Å²) in [7, 11) is -3.46. The van der Waals surface area contributed by atoms with E-state index < -0.39 is 73.8 Å². The molecule has 2 aromatic carbocycles. The molecule has 0 saturated carbocycles. The minimum absolute atomic E-state index is 0.0676. The Morgan fingerprint density at radius 3 is 1.98 bits per heavy atom. The van der Waals surface area contributed by atoms with E-state index in [1.807, 2.05) is 25.8 Å². The first kappa shape index (κ1) is 36.8. The number of ether oxygens (including phenoxy) is 2. The van der Waals surface area contributed by atoms with Gasteiger partial charge < -0.3 is 9.47 Å². The maximum absolute atomic E-state index is 15.9. The number of anilines is 2. The predicted molar refractivity (Wildman–Crippen MR) is 170 cm³/mol. The maximum Gasteiger partial charge on any atom is 0.430 e. The molecule has 15 heteroatoms. The van der Waals surface area contributed by atoms with Gasteiger partial charge in [-0.3, -0.25) is 9.80 Å². The number of halogens is 3. The topological polar surface area (TPSA) is 109 Å². The summed E-state index contributed by atoms with van der Waals surface area (Å²) in [6.45, 7) is 12.9. The second-order valence-electron chi connectivity index (χ2n) is 12.8. The lowest BCUT2D eigenvalue weighted by atomic mass is 10.0. The molecule has 3 aromatic rings. The molecule has 0 aliphatic heterocycles. The van der Waals surface area contributed by atoms with Crippen LogP contribution in [0.1, 0.15) is 66.5 Å². The van der Waals surface area contributed by atoms with Gasteiger partial charge in [-0.15, -0.1) is 15.6 Å². The minimum atomic E-state index is -5.29. The zero-order valence-corrected chi connectivity index (χ0v) is 28.9. The van der Waals surface area contributed by atoms with Crippen molar-refractivity contribution in [3.8, 4) is 0 Å². The molecule has 0 bridgehead atoms. The highest BCUT2D eigenvalue weighted by Gasteiger charge is 2.40. The minimum Gasteiger partial charge on any atom is -0.443 e. The number of benzene rings is 2. The number of thiazole rings is 1. The van der Waals surface area contributed by atoms with Gasteiger partial charge in [-0.25, -0.2) is 36.2 Å². The first-order chi connectivity index (χ1) is 21.1. The molecule has 0 fully saturated rings. The maximum atomic E-state index is 15.9. The standard InChI is InChI=1S/C31H39F3N4O6S2/c1-19(2)36(9)15-20-11-10-12-23(32)22(20)16-37(28(39)43-30(3,4)5)21-13-24(33)27(25(34)14-21)46(41,42)38(26-17-45-18-35-26)29(40)44-31(6,7)8/h10-14,17-19H,15-16H2,1-9H3. The van der Waals surface area contributed by atoms with Gasteiger partial charge in [0.2, 0.25) is 0 Å². The molecule has 0 saturated heterocycles. The van der Waals surface area contributed by atoms with E-state index in [0.717, 1.165) is 16.2 Å². The molecule has 0 unspecified atom stereocenters. The van der Waals surface area contributed by atoms with Crippen LogP contribution in [0, 0.1) is 17.5 Å². The molecule has 1 aromatic heterocycles. The van der Waals surface area contributed by atoms with Crippen molar-refractivity contribution in [1.29, 1.82) is 0 Å². The predicted octanol–water partition coefficient (Wildman–Crippen LogP) is 7.47. The normalized spacial score (nSPS) is 12.4. The third-order valence-electron chi connectivity index (χ3n) is 6.43. The van der Waals surface area contributed by atoms with Crippen molar-refractivity contribution in [2.45, 2.75) is 90.6 Å². The molecule has 0 aliphatic carbocycles. The van der Waals surface area contributed by atoms with Gasteiger partial charge in [0.1, 0.15) is 28.7 Å². The molecule has 0 N–H and O–H groups in total. The van der Waals surface area contributed by atoms with Crippen molar-refractivity contribution in [3.63, 3.8) is 0 Å². The van der Waals surface area contributed by atoms with E-state index in [0.29, 0.717) is 24.2 Å². The summed E-state index contributed by atoms with van der Waals surface area (Å²) in [5.41, 5.74) is -0.850. The zero-order chi connectivity index (χ0) is 34.8. The van der Waals surface area contributed by atoms with Crippen molar-refractivity contribution in [1.82, 2.24) is 9.88 Å². The third kappa shape index (κ3) is 8.97. The monoisotopic (exact) mass is 684 g/mol. The zero-order valence-electron chi connectivity index (χ0n) is 27.2. The van der Waals surface area contributed by atoms with Crippen LogP contribution in [0.25, 0.3) is 0 Å². The van der Waals surface area contributed by atoms with Crippen LogP contribution in [-0.2, 0) is 32.6 Å². The van der Waals surface area contributed by atoms with Gasteiger partial charge in [0, 0.05) is 23.5 Å². The Labute approximate surface area is 271 Å². The Hall–Kier alpha value is -3.69. The lowest BCUT2D eigenvalue weighted by molar-refractivity contribution is 0.0573. The average molecular weight is 685 g/mol. The number of carbonyl (C=O) groups is 2. The van der Waals surface area contributed by atoms with Crippen LogP contribution in [0.2, 0.25) is 0 Å². The third-order valence-corrected chi connectivity index (χ3v) is 8.72. The Kier molecular flexibility index (Phi) is 11.2. The molecule has 0 spiro atoms. The lowest BCUT2D eigenvalue weighted by Gasteiger charge is -2.29. The van der Waals surface area contributed by atoms with Crippen molar-refractivity contribution >= 4 is 45.1 Å². The second-order valence-corrected chi connectivity index (χ2v) is 15.2. The Bertz CT molecular complexity index is 1650. The van der Waals surface area contributed by atoms with Gasteiger partial charge in [0.05, 0.1) is 17.7 Å². The molecule has 2 amide bonds. The highest BCUT2D eigenvalue weighted by atomic mass is 32.2. The van der Waals surface area contributed by atoms with Crippen LogP contribution in [0.3, 0.4) is 0 Å². The lowest BCUT2D eigenvalue weighted by Crippen LogP contribution is -2.42. The van der Waals surface area contributed by atoms with E-state index in [9.17, 15) is 18.0 Å². The van der Waals surface area contributed by atoms with Gasteiger partial charge in [-0.1, -0.05) is 12.1 Å². The number of hydrogen-bond acceptors (Lipinski definition) is 9.